The lowest BCUT2D eigenvalue weighted by Gasteiger charge is -2.39. The Labute approximate surface area is 214 Å². The SMILES string of the molecule is COC(=O)c1c(-c2ccc(Br)cc2)csc1NC(=O)C(F)(F)C(F)(F)C(F)(F)C(F)(F)C(F)(F)C(F)(F)F. The van der Waals surface area contributed by atoms with Crippen molar-refractivity contribution in [3.8, 4) is 11.1 Å². The summed E-state index contributed by atoms with van der Waals surface area (Å²) in [4.78, 5) is 24.0. The van der Waals surface area contributed by atoms with Crippen LogP contribution in [-0.4, -0.2) is 54.8 Å². The maximum Gasteiger partial charge on any atom is 0.460 e. The largest absolute Gasteiger partial charge is 0.465 e. The van der Waals surface area contributed by atoms with Gasteiger partial charge in [-0.05, 0) is 17.7 Å². The third-order valence-electron chi connectivity index (χ3n) is 4.78. The van der Waals surface area contributed by atoms with E-state index >= 15 is 0 Å². The Morgan fingerprint density at radius 3 is 1.71 bits per heavy atom. The van der Waals surface area contributed by atoms with Gasteiger partial charge < -0.3 is 10.1 Å². The number of amides is 1. The summed E-state index contributed by atoms with van der Waals surface area (Å²) >= 11 is 3.25. The molecule has 0 atom stereocenters. The predicted molar refractivity (Wildman–Crippen MR) is 108 cm³/mol. The standard InChI is InChI=1S/C19H9BrF13NO3S/c1-37-12(35)10-9(7-2-4-8(20)5-3-7)6-38-11(10)34-13(36)14(21,22)15(23,24)16(25,26)17(27,28)18(29,30)19(31,32)33/h2-6H,1H3,(H,34,36). The number of anilines is 1. The number of ether oxygens (including phenoxy) is 1. The molecule has 0 saturated carbocycles. The fraction of sp³-hybridized carbons (Fsp3) is 0.368. The summed E-state index contributed by atoms with van der Waals surface area (Å²) < 4.78 is 178. The third-order valence-corrected chi connectivity index (χ3v) is 6.21. The molecule has 38 heavy (non-hydrogen) atoms. The topological polar surface area (TPSA) is 55.4 Å². The number of benzene rings is 1. The van der Waals surface area contributed by atoms with Gasteiger partial charge >= 0.3 is 47.7 Å². The fourth-order valence-corrected chi connectivity index (χ4v) is 3.91. The molecular formula is C19H9BrF13NO3S. The minimum Gasteiger partial charge on any atom is -0.465 e. The third kappa shape index (κ3) is 4.82. The molecule has 0 bridgehead atoms. The van der Waals surface area contributed by atoms with E-state index in [-0.39, 0.29) is 22.5 Å². The van der Waals surface area contributed by atoms with Crippen LogP contribution in [0.3, 0.4) is 0 Å². The second-order valence-corrected chi connectivity index (χ2v) is 8.97. The van der Waals surface area contributed by atoms with Gasteiger partial charge in [-0.25, -0.2) is 4.79 Å². The van der Waals surface area contributed by atoms with Gasteiger partial charge in [-0.3, -0.25) is 4.79 Å². The van der Waals surface area contributed by atoms with Gasteiger partial charge in [-0.15, -0.1) is 11.3 Å². The molecule has 0 aliphatic rings. The van der Waals surface area contributed by atoms with Crippen LogP contribution in [0, 0.1) is 0 Å². The molecule has 1 aromatic carbocycles. The van der Waals surface area contributed by atoms with Crippen LogP contribution in [0.25, 0.3) is 11.1 Å². The Morgan fingerprint density at radius 2 is 1.26 bits per heavy atom. The van der Waals surface area contributed by atoms with Gasteiger partial charge in [0.15, 0.2) is 0 Å². The number of rotatable bonds is 8. The zero-order valence-corrected chi connectivity index (χ0v) is 20.2. The van der Waals surface area contributed by atoms with Crippen molar-refractivity contribution in [2.24, 2.45) is 0 Å². The van der Waals surface area contributed by atoms with E-state index in [4.69, 9.17) is 0 Å². The number of carbonyl (C=O) groups is 2. The van der Waals surface area contributed by atoms with E-state index in [1.807, 2.05) is 0 Å². The summed E-state index contributed by atoms with van der Waals surface area (Å²) in [6.45, 7) is 0. The number of hydrogen-bond acceptors (Lipinski definition) is 4. The molecule has 0 unspecified atom stereocenters. The van der Waals surface area contributed by atoms with Crippen molar-refractivity contribution in [1.29, 1.82) is 0 Å². The summed E-state index contributed by atoms with van der Waals surface area (Å²) in [5, 5.41) is 0.834. The van der Waals surface area contributed by atoms with Crippen LogP contribution in [0.2, 0.25) is 0 Å². The average Bonchev–Trinajstić information content (AvgIpc) is 3.21. The molecule has 0 aliphatic heterocycles. The van der Waals surface area contributed by atoms with Crippen molar-refractivity contribution < 1.29 is 71.4 Å². The van der Waals surface area contributed by atoms with E-state index in [2.05, 4.69) is 20.7 Å². The molecule has 4 nitrogen and oxygen atoms in total. The molecule has 1 aromatic heterocycles. The highest BCUT2D eigenvalue weighted by Crippen LogP contribution is 2.60. The van der Waals surface area contributed by atoms with E-state index in [1.54, 1.807) is 0 Å². The molecule has 2 aromatic rings. The van der Waals surface area contributed by atoms with Crippen molar-refractivity contribution >= 4 is 44.1 Å². The van der Waals surface area contributed by atoms with E-state index < -0.39 is 58.2 Å². The molecule has 1 N–H and O–H groups in total. The normalized spacial score (nSPS) is 13.9. The maximum absolute atomic E-state index is 14.2. The molecule has 0 fully saturated rings. The fourth-order valence-electron chi connectivity index (χ4n) is 2.69. The molecule has 2 rings (SSSR count). The molecule has 1 amide bonds. The highest BCUT2D eigenvalue weighted by atomic mass is 79.9. The molecule has 1 heterocycles. The van der Waals surface area contributed by atoms with Crippen LogP contribution in [0.5, 0.6) is 0 Å². The Bertz CT molecular complexity index is 1210. The molecule has 19 heteroatoms. The first-order chi connectivity index (χ1) is 17.0. The van der Waals surface area contributed by atoms with Crippen LogP contribution in [0.15, 0.2) is 34.1 Å². The molecule has 0 spiro atoms. The minimum atomic E-state index is -8.15. The zero-order chi connectivity index (χ0) is 29.7. The Morgan fingerprint density at radius 1 is 0.789 bits per heavy atom. The average molecular weight is 658 g/mol. The van der Waals surface area contributed by atoms with Crippen molar-refractivity contribution in [1.82, 2.24) is 0 Å². The zero-order valence-electron chi connectivity index (χ0n) is 17.8. The van der Waals surface area contributed by atoms with E-state index in [0.717, 1.165) is 17.8 Å². The molecule has 0 saturated heterocycles. The number of esters is 1. The lowest BCUT2D eigenvalue weighted by molar-refractivity contribution is -0.435. The number of thiophene rings is 1. The highest BCUT2D eigenvalue weighted by Gasteiger charge is 2.91. The lowest BCUT2D eigenvalue weighted by atomic mass is 9.93. The number of carbonyl (C=O) groups excluding carboxylic acids is 2. The van der Waals surface area contributed by atoms with Gasteiger partial charge in [-0.1, -0.05) is 28.1 Å². The van der Waals surface area contributed by atoms with E-state index in [0.29, 0.717) is 4.47 Å². The van der Waals surface area contributed by atoms with Crippen molar-refractivity contribution in [3.63, 3.8) is 0 Å². The van der Waals surface area contributed by atoms with Gasteiger partial charge in [0.2, 0.25) is 0 Å². The van der Waals surface area contributed by atoms with Crippen molar-refractivity contribution in [2.45, 2.75) is 35.8 Å². The number of halogens is 14. The summed E-state index contributed by atoms with van der Waals surface area (Å²) in [5.74, 6) is -44.0. The Balaban J connectivity index is 2.54. The molecule has 212 valence electrons. The van der Waals surface area contributed by atoms with E-state index in [9.17, 15) is 66.7 Å². The summed E-state index contributed by atoms with van der Waals surface area (Å²) in [5.41, 5.74) is -0.836. The Kier molecular flexibility index (Phi) is 8.22. The van der Waals surface area contributed by atoms with Crippen LogP contribution >= 0.6 is 27.3 Å². The quantitative estimate of drug-likeness (QED) is 0.235. The lowest BCUT2D eigenvalue weighted by Crippen LogP contribution is -2.71. The summed E-state index contributed by atoms with van der Waals surface area (Å²) in [7, 11) is 0.753. The predicted octanol–water partition coefficient (Wildman–Crippen LogP) is 7.64. The first-order valence-electron chi connectivity index (χ1n) is 9.22. The van der Waals surface area contributed by atoms with Crippen LogP contribution < -0.4 is 5.32 Å². The number of hydrogen-bond donors (Lipinski definition) is 1. The number of methoxy groups -OCH3 is 1. The van der Waals surface area contributed by atoms with Gasteiger partial charge in [0, 0.05) is 15.4 Å². The van der Waals surface area contributed by atoms with Crippen LogP contribution in [0.1, 0.15) is 10.4 Å². The minimum absolute atomic E-state index is 0.142. The van der Waals surface area contributed by atoms with Crippen LogP contribution in [-0.2, 0) is 9.53 Å². The maximum atomic E-state index is 14.2. The van der Waals surface area contributed by atoms with Gasteiger partial charge in [0.05, 0.1) is 7.11 Å². The smallest absolute Gasteiger partial charge is 0.460 e. The van der Waals surface area contributed by atoms with Crippen LogP contribution in [0.4, 0.5) is 62.1 Å². The molecule has 0 aliphatic carbocycles. The first kappa shape index (κ1) is 31.6. The first-order valence-corrected chi connectivity index (χ1v) is 10.9. The molecule has 0 radical (unpaired) electrons. The number of nitrogens with one attached hydrogen (secondary N) is 1. The second-order valence-electron chi connectivity index (χ2n) is 7.18. The second kappa shape index (κ2) is 9.87. The van der Waals surface area contributed by atoms with E-state index in [1.165, 1.54) is 24.3 Å². The highest BCUT2D eigenvalue weighted by molar-refractivity contribution is 9.10. The summed E-state index contributed by atoms with van der Waals surface area (Å²) in [6.07, 6.45) is -7.58. The summed E-state index contributed by atoms with van der Waals surface area (Å²) in [6, 6.07) is 5.49. The van der Waals surface area contributed by atoms with Gasteiger partial charge in [0.25, 0.3) is 0 Å². The number of alkyl halides is 13. The van der Waals surface area contributed by atoms with Crippen molar-refractivity contribution in [2.75, 3.05) is 12.4 Å². The molecular weight excluding hydrogens is 649 g/mol. The van der Waals surface area contributed by atoms with Gasteiger partial charge in [-0.2, -0.15) is 57.1 Å². The van der Waals surface area contributed by atoms with Gasteiger partial charge in [0.1, 0.15) is 10.6 Å². The monoisotopic (exact) mass is 657 g/mol. The Hall–Kier alpha value is -2.57. The van der Waals surface area contributed by atoms with Crippen molar-refractivity contribution in [3.05, 3.63) is 39.7 Å².